The quantitative estimate of drug-likeness (QED) is 0.896. The molecule has 2 rings (SSSR count). The molecule has 0 bridgehead atoms. The van der Waals surface area contributed by atoms with Gasteiger partial charge >= 0.3 is 0 Å². The lowest BCUT2D eigenvalue weighted by Gasteiger charge is -2.17. The summed E-state index contributed by atoms with van der Waals surface area (Å²) in [5, 5.41) is 0. The number of nitrogens with two attached hydrogens (primary N) is 1. The summed E-state index contributed by atoms with van der Waals surface area (Å²) in [6.45, 7) is 1.75. The van der Waals surface area contributed by atoms with E-state index in [1.807, 2.05) is 25.2 Å². The number of benzene rings is 1. The number of aromatic nitrogens is 1. The van der Waals surface area contributed by atoms with E-state index in [2.05, 4.69) is 9.88 Å². The molecule has 0 aliphatic rings. The van der Waals surface area contributed by atoms with Crippen LogP contribution in [0.1, 0.15) is 16.7 Å². The highest BCUT2D eigenvalue weighted by atomic mass is 19.1. The van der Waals surface area contributed by atoms with E-state index in [0.717, 1.165) is 17.7 Å². The molecule has 0 amide bonds. The van der Waals surface area contributed by atoms with Crippen molar-refractivity contribution in [2.45, 2.75) is 19.6 Å². The van der Waals surface area contributed by atoms with Gasteiger partial charge in [0.2, 0.25) is 0 Å². The van der Waals surface area contributed by atoms with Gasteiger partial charge in [-0.2, -0.15) is 0 Å². The van der Waals surface area contributed by atoms with Crippen LogP contribution in [-0.2, 0) is 19.6 Å². The average molecular weight is 259 g/mol. The fourth-order valence-corrected chi connectivity index (χ4v) is 2.02. The largest absolute Gasteiger partial charge is 0.326 e. The molecule has 19 heavy (non-hydrogen) atoms. The fourth-order valence-electron chi connectivity index (χ4n) is 2.02. The maximum Gasteiger partial charge on any atom is 0.127 e. The number of hydrogen-bond acceptors (Lipinski definition) is 3. The lowest BCUT2D eigenvalue weighted by Crippen LogP contribution is -2.18. The minimum absolute atomic E-state index is 0.182. The Balaban J connectivity index is 2.04. The van der Waals surface area contributed by atoms with Crippen LogP contribution in [0.5, 0.6) is 0 Å². The van der Waals surface area contributed by atoms with Crippen LogP contribution in [0.25, 0.3) is 0 Å². The van der Waals surface area contributed by atoms with E-state index >= 15 is 0 Å². The summed E-state index contributed by atoms with van der Waals surface area (Å²) in [6.07, 6.45) is 3.53. The van der Waals surface area contributed by atoms with Gasteiger partial charge in [0.1, 0.15) is 5.82 Å². The van der Waals surface area contributed by atoms with Gasteiger partial charge in [0.25, 0.3) is 0 Å². The Labute approximate surface area is 112 Å². The third kappa shape index (κ3) is 3.84. The molecule has 0 radical (unpaired) electrons. The summed E-state index contributed by atoms with van der Waals surface area (Å²) in [6, 6.07) is 8.96. The van der Waals surface area contributed by atoms with E-state index < -0.39 is 0 Å². The molecule has 0 spiro atoms. The monoisotopic (exact) mass is 259 g/mol. The summed E-state index contributed by atoms with van der Waals surface area (Å²) in [5.41, 5.74) is 8.37. The lowest BCUT2D eigenvalue weighted by molar-refractivity contribution is 0.313. The topological polar surface area (TPSA) is 42.2 Å². The molecule has 0 saturated carbocycles. The van der Waals surface area contributed by atoms with Crippen LogP contribution in [0.2, 0.25) is 0 Å². The van der Waals surface area contributed by atoms with Crippen LogP contribution in [0.15, 0.2) is 42.7 Å². The third-order valence-corrected chi connectivity index (χ3v) is 2.99. The maximum atomic E-state index is 13.7. The Morgan fingerprint density at radius 2 is 1.84 bits per heavy atom. The Morgan fingerprint density at radius 3 is 2.53 bits per heavy atom. The van der Waals surface area contributed by atoms with Crippen molar-refractivity contribution in [2.24, 2.45) is 5.73 Å². The zero-order valence-corrected chi connectivity index (χ0v) is 11.0. The standard InChI is InChI=1S/C15H18FN3/c1-19(10-12-4-6-18-7-5-12)11-14-8-13(9-17)2-3-15(14)16/h2-8H,9-11,17H2,1H3. The lowest BCUT2D eigenvalue weighted by atomic mass is 10.1. The Bertz CT molecular complexity index is 528. The molecule has 0 atom stereocenters. The van der Waals surface area contributed by atoms with Crippen LogP contribution >= 0.6 is 0 Å². The van der Waals surface area contributed by atoms with E-state index in [1.54, 1.807) is 18.5 Å². The zero-order valence-electron chi connectivity index (χ0n) is 11.0. The van der Waals surface area contributed by atoms with Crippen LogP contribution in [0.3, 0.4) is 0 Å². The predicted molar refractivity (Wildman–Crippen MR) is 73.7 cm³/mol. The van der Waals surface area contributed by atoms with E-state index in [1.165, 1.54) is 6.07 Å². The normalized spacial score (nSPS) is 10.9. The molecule has 2 N–H and O–H groups in total. The molecular formula is C15H18FN3. The van der Waals surface area contributed by atoms with Crippen molar-refractivity contribution < 1.29 is 4.39 Å². The number of halogens is 1. The SMILES string of the molecule is CN(Cc1ccncc1)Cc1cc(CN)ccc1F. The van der Waals surface area contributed by atoms with Crippen molar-refractivity contribution in [3.8, 4) is 0 Å². The van der Waals surface area contributed by atoms with Crippen molar-refractivity contribution in [2.75, 3.05) is 7.05 Å². The number of rotatable bonds is 5. The summed E-state index contributed by atoms with van der Waals surface area (Å²) in [4.78, 5) is 6.04. The van der Waals surface area contributed by atoms with Crippen LogP contribution in [-0.4, -0.2) is 16.9 Å². The number of pyridine rings is 1. The van der Waals surface area contributed by atoms with Gasteiger partial charge < -0.3 is 5.73 Å². The van der Waals surface area contributed by atoms with E-state index in [0.29, 0.717) is 18.7 Å². The van der Waals surface area contributed by atoms with Gasteiger partial charge in [0, 0.05) is 37.6 Å². The first-order valence-electron chi connectivity index (χ1n) is 6.24. The first kappa shape index (κ1) is 13.6. The second-order valence-corrected chi connectivity index (χ2v) is 4.66. The highest BCUT2D eigenvalue weighted by molar-refractivity contribution is 5.25. The van der Waals surface area contributed by atoms with Crippen LogP contribution in [0, 0.1) is 5.82 Å². The predicted octanol–water partition coefficient (Wildman–Crippen LogP) is 2.31. The molecule has 0 unspecified atom stereocenters. The zero-order chi connectivity index (χ0) is 13.7. The molecule has 0 aliphatic carbocycles. The second kappa shape index (κ2) is 6.41. The Morgan fingerprint density at radius 1 is 1.11 bits per heavy atom. The summed E-state index contributed by atoms with van der Waals surface area (Å²) in [5.74, 6) is -0.182. The molecule has 2 aromatic rings. The number of hydrogen-bond donors (Lipinski definition) is 1. The minimum Gasteiger partial charge on any atom is -0.326 e. The molecule has 0 saturated heterocycles. The Kier molecular flexibility index (Phi) is 4.60. The van der Waals surface area contributed by atoms with Crippen LogP contribution < -0.4 is 5.73 Å². The minimum atomic E-state index is -0.182. The smallest absolute Gasteiger partial charge is 0.127 e. The maximum absolute atomic E-state index is 13.7. The summed E-state index contributed by atoms with van der Waals surface area (Å²) >= 11 is 0. The van der Waals surface area contributed by atoms with Crippen molar-refractivity contribution in [1.82, 2.24) is 9.88 Å². The van der Waals surface area contributed by atoms with Gasteiger partial charge in [0.15, 0.2) is 0 Å². The highest BCUT2D eigenvalue weighted by Crippen LogP contribution is 2.13. The van der Waals surface area contributed by atoms with Crippen molar-refractivity contribution >= 4 is 0 Å². The van der Waals surface area contributed by atoms with Gasteiger partial charge in [-0.1, -0.05) is 12.1 Å². The van der Waals surface area contributed by atoms with Gasteiger partial charge in [-0.15, -0.1) is 0 Å². The third-order valence-electron chi connectivity index (χ3n) is 2.99. The van der Waals surface area contributed by atoms with Crippen molar-refractivity contribution in [1.29, 1.82) is 0 Å². The molecule has 1 heterocycles. The molecule has 100 valence electrons. The van der Waals surface area contributed by atoms with Gasteiger partial charge in [0.05, 0.1) is 0 Å². The number of nitrogens with zero attached hydrogens (tertiary/aromatic N) is 2. The molecule has 0 fully saturated rings. The van der Waals surface area contributed by atoms with Crippen molar-refractivity contribution in [3.05, 3.63) is 65.2 Å². The van der Waals surface area contributed by atoms with Gasteiger partial charge in [-0.3, -0.25) is 9.88 Å². The molecule has 1 aromatic carbocycles. The van der Waals surface area contributed by atoms with E-state index in [-0.39, 0.29) is 5.82 Å². The average Bonchev–Trinajstić information content (AvgIpc) is 2.42. The molecular weight excluding hydrogens is 241 g/mol. The van der Waals surface area contributed by atoms with Crippen molar-refractivity contribution in [3.63, 3.8) is 0 Å². The molecule has 3 nitrogen and oxygen atoms in total. The molecule has 4 heteroatoms. The van der Waals surface area contributed by atoms with E-state index in [9.17, 15) is 4.39 Å². The molecule has 0 aliphatic heterocycles. The van der Waals surface area contributed by atoms with E-state index in [4.69, 9.17) is 5.73 Å². The summed E-state index contributed by atoms with van der Waals surface area (Å²) in [7, 11) is 1.97. The first-order chi connectivity index (χ1) is 9.19. The highest BCUT2D eigenvalue weighted by Gasteiger charge is 2.07. The Hall–Kier alpha value is -1.78. The van der Waals surface area contributed by atoms with Gasteiger partial charge in [-0.05, 0) is 36.4 Å². The molecule has 1 aromatic heterocycles. The summed E-state index contributed by atoms with van der Waals surface area (Å²) < 4.78 is 13.7. The fraction of sp³-hybridized carbons (Fsp3) is 0.267. The van der Waals surface area contributed by atoms with Gasteiger partial charge in [-0.25, -0.2) is 4.39 Å². The van der Waals surface area contributed by atoms with Crippen LogP contribution in [0.4, 0.5) is 4.39 Å². The second-order valence-electron chi connectivity index (χ2n) is 4.66. The first-order valence-corrected chi connectivity index (χ1v) is 6.24.